The second kappa shape index (κ2) is 9.43. The molecule has 0 unspecified atom stereocenters. The average Bonchev–Trinajstić information content (AvgIpc) is 2.72. The summed E-state index contributed by atoms with van der Waals surface area (Å²) in [5.41, 5.74) is 3.10. The monoisotopic (exact) mass is 455 g/mol. The fourth-order valence-corrected chi connectivity index (χ4v) is 4.09. The minimum absolute atomic E-state index is 0.211. The van der Waals surface area contributed by atoms with Crippen LogP contribution in [0, 0.1) is 13.8 Å². The van der Waals surface area contributed by atoms with Crippen molar-refractivity contribution in [3.63, 3.8) is 0 Å². The molecule has 0 radical (unpaired) electrons. The lowest BCUT2D eigenvalue weighted by Crippen LogP contribution is -2.44. The summed E-state index contributed by atoms with van der Waals surface area (Å²) in [6.45, 7) is 7.15. The number of anilines is 2. The SMILES string of the molecule is Cc1c(Cl)c(C)c(Cl)c(OCC(=O)Nc2ccccc2N2CCN(C)CC2)c1Cl. The summed E-state index contributed by atoms with van der Waals surface area (Å²) >= 11 is 18.9. The molecule has 8 heteroatoms. The van der Waals surface area contributed by atoms with Crippen molar-refractivity contribution in [2.75, 3.05) is 50.1 Å². The number of nitrogens with zero attached hydrogens (tertiary/aromatic N) is 2. The standard InChI is InChI=1S/C21H24Cl3N3O2/c1-13-18(22)14(2)20(24)21(19(13)23)29-12-17(28)25-15-6-4-5-7-16(15)27-10-8-26(3)9-11-27/h4-7H,8-12H2,1-3H3,(H,25,28). The lowest BCUT2D eigenvalue weighted by Gasteiger charge is -2.35. The van der Waals surface area contributed by atoms with Gasteiger partial charge in [0.1, 0.15) is 0 Å². The molecule has 156 valence electrons. The number of carbonyl (C=O) groups is 1. The zero-order valence-electron chi connectivity index (χ0n) is 16.7. The van der Waals surface area contributed by atoms with Crippen molar-refractivity contribution in [1.29, 1.82) is 0 Å². The number of ether oxygens (including phenoxy) is 1. The van der Waals surface area contributed by atoms with Crippen molar-refractivity contribution < 1.29 is 9.53 Å². The third-order valence-electron chi connectivity index (χ3n) is 5.09. The maximum Gasteiger partial charge on any atom is 0.262 e. The number of hydrogen-bond donors (Lipinski definition) is 1. The Morgan fingerprint density at radius 1 is 1.00 bits per heavy atom. The third kappa shape index (κ3) is 4.92. The quantitative estimate of drug-likeness (QED) is 0.685. The summed E-state index contributed by atoms with van der Waals surface area (Å²) in [4.78, 5) is 17.1. The Kier molecular flexibility index (Phi) is 7.17. The first-order chi connectivity index (χ1) is 13.8. The number of piperazine rings is 1. The van der Waals surface area contributed by atoms with Crippen molar-refractivity contribution >= 4 is 52.1 Å². The molecule has 3 rings (SSSR count). The zero-order valence-corrected chi connectivity index (χ0v) is 19.0. The van der Waals surface area contributed by atoms with Crippen LogP contribution in [0.3, 0.4) is 0 Å². The van der Waals surface area contributed by atoms with Crippen LogP contribution < -0.4 is 15.0 Å². The molecule has 1 fully saturated rings. The van der Waals surface area contributed by atoms with Crippen molar-refractivity contribution in [2.45, 2.75) is 13.8 Å². The van der Waals surface area contributed by atoms with E-state index in [0.717, 1.165) is 37.6 Å². The molecule has 1 saturated heterocycles. The summed E-state index contributed by atoms with van der Waals surface area (Å²) in [6, 6.07) is 7.78. The molecule has 0 aliphatic carbocycles. The van der Waals surface area contributed by atoms with Crippen LogP contribution in [0.2, 0.25) is 15.1 Å². The van der Waals surface area contributed by atoms with Gasteiger partial charge in [0.2, 0.25) is 0 Å². The Bertz CT molecular complexity index is 883. The summed E-state index contributed by atoms with van der Waals surface area (Å²) in [6.07, 6.45) is 0. The number of benzene rings is 2. The van der Waals surface area contributed by atoms with Gasteiger partial charge in [-0.05, 0) is 44.2 Å². The number of rotatable bonds is 5. The predicted octanol–water partition coefficient (Wildman–Crippen LogP) is 5.03. The Hall–Kier alpha value is -1.66. The van der Waals surface area contributed by atoms with Crippen LogP contribution >= 0.6 is 34.8 Å². The number of para-hydroxylation sites is 2. The van der Waals surface area contributed by atoms with Crippen LogP contribution in [-0.2, 0) is 4.79 Å². The number of hydrogen-bond acceptors (Lipinski definition) is 4. The molecule has 2 aromatic carbocycles. The van der Waals surface area contributed by atoms with E-state index in [1.54, 1.807) is 13.8 Å². The van der Waals surface area contributed by atoms with E-state index in [-0.39, 0.29) is 18.3 Å². The molecular formula is C21H24Cl3N3O2. The number of likely N-dealkylation sites (N-methyl/N-ethyl adjacent to an activating group) is 1. The highest BCUT2D eigenvalue weighted by Crippen LogP contribution is 2.42. The van der Waals surface area contributed by atoms with Gasteiger partial charge in [0.05, 0.1) is 21.4 Å². The number of amides is 1. The lowest BCUT2D eigenvalue weighted by atomic mass is 10.1. The Balaban J connectivity index is 1.70. The van der Waals surface area contributed by atoms with E-state index < -0.39 is 0 Å². The third-order valence-corrected chi connectivity index (χ3v) is 6.56. The molecule has 1 heterocycles. The first-order valence-corrected chi connectivity index (χ1v) is 10.5. The summed E-state index contributed by atoms with van der Waals surface area (Å²) in [7, 11) is 2.11. The highest BCUT2D eigenvalue weighted by atomic mass is 35.5. The van der Waals surface area contributed by atoms with Gasteiger partial charge >= 0.3 is 0 Å². The van der Waals surface area contributed by atoms with Crippen LogP contribution in [0.1, 0.15) is 11.1 Å². The molecular weight excluding hydrogens is 433 g/mol. The first-order valence-electron chi connectivity index (χ1n) is 9.38. The average molecular weight is 457 g/mol. The van der Waals surface area contributed by atoms with Gasteiger partial charge in [-0.2, -0.15) is 0 Å². The molecule has 2 aromatic rings. The van der Waals surface area contributed by atoms with Gasteiger partial charge in [0.25, 0.3) is 5.91 Å². The topological polar surface area (TPSA) is 44.8 Å². The van der Waals surface area contributed by atoms with Crippen LogP contribution in [0.5, 0.6) is 5.75 Å². The minimum Gasteiger partial charge on any atom is -0.481 e. The minimum atomic E-state index is -0.288. The molecule has 0 bridgehead atoms. The van der Waals surface area contributed by atoms with Gasteiger partial charge in [-0.15, -0.1) is 0 Å². The maximum atomic E-state index is 12.6. The van der Waals surface area contributed by atoms with Crippen molar-refractivity contribution in [3.05, 3.63) is 50.5 Å². The van der Waals surface area contributed by atoms with Gasteiger partial charge < -0.3 is 19.9 Å². The summed E-state index contributed by atoms with van der Waals surface area (Å²) in [5, 5.41) is 4.07. The largest absolute Gasteiger partial charge is 0.481 e. The van der Waals surface area contributed by atoms with Crippen molar-refractivity contribution in [2.24, 2.45) is 0 Å². The maximum absolute atomic E-state index is 12.6. The molecule has 0 atom stereocenters. The van der Waals surface area contributed by atoms with Crippen LogP contribution in [0.4, 0.5) is 11.4 Å². The lowest BCUT2D eigenvalue weighted by molar-refractivity contribution is -0.118. The van der Waals surface area contributed by atoms with Crippen LogP contribution in [0.25, 0.3) is 0 Å². The van der Waals surface area contributed by atoms with Crippen molar-refractivity contribution in [1.82, 2.24) is 4.90 Å². The second-order valence-corrected chi connectivity index (χ2v) is 8.30. The van der Waals surface area contributed by atoms with Gasteiger partial charge in [-0.3, -0.25) is 4.79 Å². The van der Waals surface area contributed by atoms with E-state index in [0.29, 0.717) is 26.2 Å². The van der Waals surface area contributed by atoms with E-state index in [2.05, 4.69) is 22.2 Å². The van der Waals surface area contributed by atoms with E-state index in [9.17, 15) is 4.79 Å². The van der Waals surface area contributed by atoms with Crippen molar-refractivity contribution in [3.8, 4) is 5.75 Å². The summed E-state index contributed by atoms with van der Waals surface area (Å²) in [5.74, 6) is -0.0146. The van der Waals surface area contributed by atoms with Gasteiger partial charge in [0, 0.05) is 31.2 Å². The second-order valence-electron chi connectivity index (χ2n) is 7.17. The molecule has 1 aliphatic heterocycles. The van der Waals surface area contributed by atoms with E-state index in [1.165, 1.54) is 0 Å². The number of halogens is 3. The van der Waals surface area contributed by atoms with Gasteiger partial charge in [-0.1, -0.05) is 46.9 Å². The van der Waals surface area contributed by atoms with Crippen LogP contribution in [0.15, 0.2) is 24.3 Å². The van der Waals surface area contributed by atoms with Gasteiger partial charge in [0.15, 0.2) is 12.4 Å². The fourth-order valence-electron chi connectivity index (χ4n) is 3.26. The molecule has 29 heavy (non-hydrogen) atoms. The molecule has 0 aromatic heterocycles. The Morgan fingerprint density at radius 2 is 1.59 bits per heavy atom. The normalized spacial score (nSPS) is 14.8. The Morgan fingerprint density at radius 3 is 2.21 bits per heavy atom. The number of nitrogens with one attached hydrogen (secondary N) is 1. The van der Waals surface area contributed by atoms with E-state index in [4.69, 9.17) is 39.5 Å². The van der Waals surface area contributed by atoms with Crippen LogP contribution in [-0.4, -0.2) is 50.6 Å². The summed E-state index contributed by atoms with van der Waals surface area (Å²) < 4.78 is 5.66. The number of carbonyl (C=O) groups excluding carboxylic acids is 1. The predicted molar refractivity (Wildman–Crippen MR) is 121 cm³/mol. The van der Waals surface area contributed by atoms with Gasteiger partial charge in [-0.25, -0.2) is 0 Å². The molecule has 0 saturated carbocycles. The first kappa shape index (κ1) is 22.0. The highest BCUT2D eigenvalue weighted by molar-refractivity contribution is 6.42. The zero-order chi connectivity index (χ0) is 21.1. The highest BCUT2D eigenvalue weighted by Gasteiger charge is 2.20. The molecule has 1 amide bonds. The fraction of sp³-hybridized carbons (Fsp3) is 0.381. The van der Waals surface area contributed by atoms with E-state index >= 15 is 0 Å². The Labute approximate surface area is 186 Å². The van der Waals surface area contributed by atoms with E-state index in [1.807, 2.05) is 24.3 Å². The molecule has 5 nitrogen and oxygen atoms in total. The molecule has 1 N–H and O–H groups in total. The molecule has 1 aliphatic rings. The smallest absolute Gasteiger partial charge is 0.262 e. The molecule has 0 spiro atoms.